The van der Waals surface area contributed by atoms with E-state index in [1.165, 1.54) is 0 Å². The Bertz CT molecular complexity index is 409. The SMILES string of the molecule is CCS(=O)(=O)Nc1ccc(C(C)O)cc1. The average molecular weight is 229 g/mol. The first kappa shape index (κ1) is 12.0. The average Bonchev–Trinajstić information content (AvgIpc) is 2.18. The van der Waals surface area contributed by atoms with Gasteiger partial charge in [-0.3, -0.25) is 4.72 Å². The lowest BCUT2D eigenvalue weighted by Gasteiger charge is -2.08. The Hall–Kier alpha value is -1.07. The van der Waals surface area contributed by atoms with Crippen molar-refractivity contribution < 1.29 is 13.5 Å². The predicted molar refractivity (Wildman–Crippen MR) is 60.2 cm³/mol. The Labute approximate surface area is 90.0 Å². The van der Waals surface area contributed by atoms with Gasteiger partial charge in [0.05, 0.1) is 11.9 Å². The minimum Gasteiger partial charge on any atom is -0.389 e. The van der Waals surface area contributed by atoms with E-state index in [4.69, 9.17) is 0 Å². The third kappa shape index (κ3) is 3.53. The van der Waals surface area contributed by atoms with Gasteiger partial charge in [0.25, 0.3) is 0 Å². The normalized spacial score (nSPS) is 13.5. The Morgan fingerprint density at radius 1 is 1.33 bits per heavy atom. The van der Waals surface area contributed by atoms with Crippen molar-refractivity contribution in [2.45, 2.75) is 20.0 Å². The van der Waals surface area contributed by atoms with E-state index in [2.05, 4.69) is 4.72 Å². The molecule has 0 aliphatic carbocycles. The first-order valence-corrected chi connectivity index (χ1v) is 6.38. The fourth-order valence-electron chi connectivity index (χ4n) is 1.08. The lowest BCUT2D eigenvalue weighted by Crippen LogP contribution is -2.14. The quantitative estimate of drug-likeness (QED) is 0.822. The standard InChI is InChI=1S/C10H15NO3S/c1-3-15(13,14)11-10-6-4-9(5-7-10)8(2)12/h4-8,11-12H,3H2,1-2H3. The van der Waals surface area contributed by atoms with Crippen molar-refractivity contribution in [3.05, 3.63) is 29.8 Å². The number of aliphatic hydroxyl groups is 1. The molecule has 1 aromatic carbocycles. The number of sulfonamides is 1. The Morgan fingerprint density at radius 3 is 2.27 bits per heavy atom. The van der Waals surface area contributed by atoms with E-state index in [0.29, 0.717) is 5.69 Å². The number of rotatable bonds is 4. The molecule has 0 amide bonds. The molecule has 0 spiro atoms. The maximum absolute atomic E-state index is 11.2. The number of hydrogen-bond donors (Lipinski definition) is 2. The molecule has 15 heavy (non-hydrogen) atoms. The lowest BCUT2D eigenvalue weighted by molar-refractivity contribution is 0.199. The van der Waals surface area contributed by atoms with Crippen molar-refractivity contribution >= 4 is 15.7 Å². The highest BCUT2D eigenvalue weighted by atomic mass is 32.2. The van der Waals surface area contributed by atoms with E-state index in [0.717, 1.165) is 5.56 Å². The topological polar surface area (TPSA) is 66.4 Å². The number of benzene rings is 1. The van der Waals surface area contributed by atoms with Crippen LogP contribution in [0.3, 0.4) is 0 Å². The van der Waals surface area contributed by atoms with E-state index in [1.54, 1.807) is 38.1 Å². The summed E-state index contributed by atoms with van der Waals surface area (Å²) in [5, 5.41) is 9.25. The zero-order valence-corrected chi connectivity index (χ0v) is 9.58. The smallest absolute Gasteiger partial charge is 0.232 e. The highest BCUT2D eigenvalue weighted by Crippen LogP contribution is 2.16. The van der Waals surface area contributed by atoms with Crippen LogP contribution in [0.1, 0.15) is 25.5 Å². The summed E-state index contributed by atoms with van der Waals surface area (Å²) >= 11 is 0. The van der Waals surface area contributed by atoms with Gasteiger partial charge in [0.15, 0.2) is 0 Å². The number of nitrogens with one attached hydrogen (secondary N) is 1. The molecule has 84 valence electrons. The van der Waals surface area contributed by atoms with Crippen LogP contribution in [-0.2, 0) is 10.0 Å². The van der Waals surface area contributed by atoms with Gasteiger partial charge < -0.3 is 5.11 Å². The second-order valence-electron chi connectivity index (χ2n) is 3.30. The fourth-order valence-corrected chi connectivity index (χ4v) is 1.72. The minimum absolute atomic E-state index is 0.0468. The largest absolute Gasteiger partial charge is 0.389 e. The second kappa shape index (κ2) is 4.63. The summed E-state index contributed by atoms with van der Waals surface area (Å²) in [5.74, 6) is 0.0468. The summed E-state index contributed by atoms with van der Waals surface area (Å²) in [4.78, 5) is 0. The van der Waals surface area contributed by atoms with Gasteiger partial charge in [-0.15, -0.1) is 0 Å². The van der Waals surface area contributed by atoms with E-state index < -0.39 is 16.1 Å². The van der Waals surface area contributed by atoms with Gasteiger partial charge in [-0.1, -0.05) is 12.1 Å². The molecule has 0 saturated heterocycles. The summed E-state index contributed by atoms with van der Waals surface area (Å²) in [5.41, 5.74) is 1.27. The number of hydrogen-bond acceptors (Lipinski definition) is 3. The van der Waals surface area contributed by atoms with Crippen molar-refractivity contribution in [3.63, 3.8) is 0 Å². The Balaban J connectivity index is 2.82. The Kier molecular flexibility index (Phi) is 3.71. The highest BCUT2D eigenvalue weighted by molar-refractivity contribution is 7.92. The summed E-state index contributed by atoms with van der Waals surface area (Å²) in [7, 11) is -3.22. The summed E-state index contributed by atoms with van der Waals surface area (Å²) < 4.78 is 24.9. The molecule has 1 atom stereocenters. The minimum atomic E-state index is -3.22. The molecule has 0 aromatic heterocycles. The van der Waals surface area contributed by atoms with Crippen LogP contribution in [-0.4, -0.2) is 19.3 Å². The molecular formula is C10H15NO3S. The van der Waals surface area contributed by atoms with Gasteiger partial charge in [0.2, 0.25) is 10.0 Å². The summed E-state index contributed by atoms with van der Waals surface area (Å²) in [6.07, 6.45) is -0.540. The van der Waals surface area contributed by atoms with Gasteiger partial charge in [-0.25, -0.2) is 8.42 Å². The number of aliphatic hydroxyl groups excluding tert-OH is 1. The van der Waals surface area contributed by atoms with Crippen molar-refractivity contribution in [1.82, 2.24) is 0 Å². The first-order valence-electron chi connectivity index (χ1n) is 4.73. The van der Waals surface area contributed by atoms with Gasteiger partial charge >= 0.3 is 0 Å². The molecule has 2 N–H and O–H groups in total. The van der Waals surface area contributed by atoms with E-state index in [9.17, 15) is 13.5 Å². The van der Waals surface area contributed by atoms with Gasteiger partial charge in [0.1, 0.15) is 0 Å². The van der Waals surface area contributed by atoms with E-state index in [-0.39, 0.29) is 5.75 Å². The van der Waals surface area contributed by atoms with Crippen molar-refractivity contribution in [2.75, 3.05) is 10.5 Å². The molecule has 0 fully saturated rings. The van der Waals surface area contributed by atoms with Crippen molar-refractivity contribution in [3.8, 4) is 0 Å². The van der Waals surface area contributed by atoms with Gasteiger partial charge in [-0.05, 0) is 31.5 Å². The molecule has 0 heterocycles. The second-order valence-corrected chi connectivity index (χ2v) is 5.31. The van der Waals surface area contributed by atoms with Crippen LogP contribution in [0.15, 0.2) is 24.3 Å². The van der Waals surface area contributed by atoms with Gasteiger partial charge in [0, 0.05) is 5.69 Å². The first-order chi connectivity index (χ1) is 6.94. The maximum atomic E-state index is 11.2. The van der Waals surface area contributed by atoms with Gasteiger partial charge in [-0.2, -0.15) is 0 Å². The summed E-state index contributed by atoms with van der Waals surface area (Å²) in [6.45, 7) is 3.23. The summed E-state index contributed by atoms with van der Waals surface area (Å²) in [6, 6.07) is 6.65. The number of anilines is 1. The Morgan fingerprint density at radius 2 is 1.87 bits per heavy atom. The monoisotopic (exact) mass is 229 g/mol. The van der Waals surface area contributed by atoms with Crippen LogP contribution in [0.2, 0.25) is 0 Å². The molecule has 0 saturated carbocycles. The predicted octanol–water partition coefficient (Wildman–Crippen LogP) is 1.50. The van der Waals surface area contributed by atoms with Crippen LogP contribution in [0.25, 0.3) is 0 Å². The third-order valence-corrected chi connectivity index (χ3v) is 3.35. The fraction of sp³-hybridized carbons (Fsp3) is 0.400. The van der Waals surface area contributed by atoms with E-state index >= 15 is 0 Å². The maximum Gasteiger partial charge on any atom is 0.232 e. The zero-order chi connectivity index (χ0) is 11.5. The van der Waals surface area contributed by atoms with Crippen molar-refractivity contribution in [2.24, 2.45) is 0 Å². The third-order valence-electron chi connectivity index (χ3n) is 2.05. The molecule has 0 aliphatic heterocycles. The zero-order valence-electron chi connectivity index (χ0n) is 8.77. The molecule has 0 radical (unpaired) electrons. The molecule has 0 aliphatic rings. The molecule has 0 bridgehead atoms. The highest BCUT2D eigenvalue weighted by Gasteiger charge is 2.06. The van der Waals surface area contributed by atoms with Crippen LogP contribution in [0.5, 0.6) is 0 Å². The van der Waals surface area contributed by atoms with Crippen LogP contribution >= 0.6 is 0 Å². The van der Waals surface area contributed by atoms with Crippen LogP contribution in [0.4, 0.5) is 5.69 Å². The van der Waals surface area contributed by atoms with E-state index in [1.807, 2.05) is 0 Å². The van der Waals surface area contributed by atoms with Crippen LogP contribution < -0.4 is 4.72 Å². The molecule has 1 aromatic rings. The molecular weight excluding hydrogens is 214 g/mol. The van der Waals surface area contributed by atoms with Crippen LogP contribution in [0, 0.1) is 0 Å². The molecule has 1 unspecified atom stereocenters. The molecule has 4 nitrogen and oxygen atoms in total. The molecule has 1 rings (SSSR count). The molecule has 5 heteroatoms. The van der Waals surface area contributed by atoms with Crippen molar-refractivity contribution in [1.29, 1.82) is 0 Å². The lowest BCUT2D eigenvalue weighted by atomic mass is 10.1.